The molecule has 2 aromatic rings. The Morgan fingerprint density at radius 3 is 2.67 bits per heavy atom. The summed E-state index contributed by atoms with van der Waals surface area (Å²) in [4.78, 5) is 36.7. The number of thiophene rings is 1. The van der Waals surface area contributed by atoms with Crippen molar-refractivity contribution in [3.05, 3.63) is 52.2 Å². The number of unbranched alkanes of at least 4 members (excludes halogenated alkanes) is 1. The SMILES string of the molecule is CCCCNc1ccccc1C(=O)OCC(=O)NC(=O)NCc1cccs1. The van der Waals surface area contributed by atoms with Gasteiger partial charge in [-0.05, 0) is 30.0 Å². The number of hydrogen-bond donors (Lipinski definition) is 3. The standard InChI is InChI=1S/C19H23N3O4S/c1-2-3-10-20-16-9-5-4-8-15(16)18(24)26-13-17(23)22-19(25)21-12-14-7-6-11-27-14/h4-9,11,20H,2-3,10,12-13H2,1H3,(H2,21,22,23,25). The van der Waals surface area contributed by atoms with Gasteiger partial charge >= 0.3 is 12.0 Å². The molecule has 3 amide bonds. The predicted molar refractivity (Wildman–Crippen MR) is 105 cm³/mol. The van der Waals surface area contributed by atoms with Crippen LogP contribution in [0.2, 0.25) is 0 Å². The molecule has 0 aliphatic carbocycles. The molecule has 1 heterocycles. The minimum Gasteiger partial charge on any atom is -0.452 e. The number of esters is 1. The van der Waals surface area contributed by atoms with Crippen LogP contribution in [0.5, 0.6) is 0 Å². The molecule has 3 N–H and O–H groups in total. The maximum absolute atomic E-state index is 12.2. The smallest absolute Gasteiger partial charge is 0.340 e. The maximum atomic E-state index is 12.2. The molecule has 0 aliphatic rings. The first-order valence-electron chi connectivity index (χ1n) is 8.70. The number of para-hydroxylation sites is 1. The lowest BCUT2D eigenvalue weighted by atomic mass is 10.1. The number of rotatable bonds is 9. The zero-order valence-electron chi connectivity index (χ0n) is 15.1. The Balaban J connectivity index is 1.77. The Hall–Kier alpha value is -2.87. The van der Waals surface area contributed by atoms with Crippen LogP contribution >= 0.6 is 11.3 Å². The summed E-state index contributed by atoms with van der Waals surface area (Å²) in [6.07, 6.45) is 2.01. The highest BCUT2D eigenvalue weighted by Gasteiger charge is 2.15. The van der Waals surface area contributed by atoms with E-state index in [1.807, 2.05) is 23.6 Å². The van der Waals surface area contributed by atoms with Crippen LogP contribution in [-0.4, -0.2) is 31.1 Å². The molecule has 0 aliphatic heterocycles. The number of nitrogens with one attached hydrogen (secondary N) is 3. The fraction of sp³-hybridized carbons (Fsp3) is 0.316. The summed E-state index contributed by atoms with van der Waals surface area (Å²) in [5.74, 6) is -1.31. The molecule has 7 nitrogen and oxygen atoms in total. The van der Waals surface area contributed by atoms with Crippen molar-refractivity contribution in [1.82, 2.24) is 10.6 Å². The average Bonchev–Trinajstić information content (AvgIpc) is 3.19. The van der Waals surface area contributed by atoms with E-state index >= 15 is 0 Å². The predicted octanol–water partition coefficient (Wildman–Crippen LogP) is 3.14. The van der Waals surface area contributed by atoms with Crippen molar-refractivity contribution in [2.75, 3.05) is 18.5 Å². The van der Waals surface area contributed by atoms with E-state index in [4.69, 9.17) is 4.74 Å². The van der Waals surface area contributed by atoms with Gasteiger partial charge in [0.25, 0.3) is 5.91 Å². The molecule has 27 heavy (non-hydrogen) atoms. The van der Waals surface area contributed by atoms with Crippen molar-refractivity contribution in [2.24, 2.45) is 0 Å². The molecule has 0 fully saturated rings. The monoisotopic (exact) mass is 389 g/mol. The van der Waals surface area contributed by atoms with Crippen LogP contribution in [0.1, 0.15) is 35.0 Å². The molecule has 8 heteroatoms. The average molecular weight is 389 g/mol. The molecule has 0 spiro atoms. The number of hydrogen-bond acceptors (Lipinski definition) is 6. The minimum absolute atomic E-state index is 0.327. The molecule has 0 bridgehead atoms. The Morgan fingerprint density at radius 2 is 1.93 bits per heavy atom. The zero-order chi connectivity index (χ0) is 19.5. The lowest BCUT2D eigenvalue weighted by Gasteiger charge is -2.11. The normalized spacial score (nSPS) is 10.1. The third-order valence-corrected chi connectivity index (χ3v) is 4.46. The second-order valence-corrected chi connectivity index (χ2v) is 6.74. The van der Waals surface area contributed by atoms with Gasteiger partial charge in [-0.25, -0.2) is 9.59 Å². The van der Waals surface area contributed by atoms with Gasteiger partial charge in [0, 0.05) is 17.1 Å². The van der Waals surface area contributed by atoms with Gasteiger partial charge in [0.2, 0.25) is 0 Å². The molecular weight excluding hydrogens is 366 g/mol. The van der Waals surface area contributed by atoms with E-state index in [0.717, 1.165) is 24.3 Å². The quantitative estimate of drug-likeness (QED) is 0.452. The number of ether oxygens (including phenoxy) is 1. The second-order valence-electron chi connectivity index (χ2n) is 5.71. The van der Waals surface area contributed by atoms with E-state index in [0.29, 0.717) is 17.8 Å². The van der Waals surface area contributed by atoms with E-state index in [9.17, 15) is 14.4 Å². The topological polar surface area (TPSA) is 96.5 Å². The van der Waals surface area contributed by atoms with E-state index < -0.39 is 24.5 Å². The molecule has 144 valence electrons. The zero-order valence-corrected chi connectivity index (χ0v) is 15.9. The number of carbonyl (C=O) groups excluding carboxylic acids is 3. The number of carbonyl (C=O) groups is 3. The first-order valence-corrected chi connectivity index (χ1v) is 9.58. The van der Waals surface area contributed by atoms with Crippen molar-refractivity contribution in [3.8, 4) is 0 Å². The first kappa shape index (κ1) is 20.4. The summed E-state index contributed by atoms with van der Waals surface area (Å²) in [6.45, 7) is 2.62. The highest BCUT2D eigenvalue weighted by Crippen LogP contribution is 2.16. The Morgan fingerprint density at radius 1 is 1.11 bits per heavy atom. The van der Waals surface area contributed by atoms with Crippen LogP contribution in [0.25, 0.3) is 0 Å². The number of benzene rings is 1. The summed E-state index contributed by atoms with van der Waals surface area (Å²) < 4.78 is 5.02. The highest BCUT2D eigenvalue weighted by atomic mass is 32.1. The molecule has 2 rings (SSSR count). The molecule has 0 atom stereocenters. The van der Waals surface area contributed by atoms with Crippen LogP contribution in [0.15, 0.2) is 41.8 Å². The van der Waals surface area contributed by atoms with Crippen LogP contribution in [0.3, 0.4) is 0 Å². The van der Waals surface area contributed by atoms with E-state index in [-0.39, 0.29) is 0 Å². The lowest BCUT2D eigenvalue weighted by Crippen LogP contribution is -2.41. The fourth-order valence-corrected chi connectivity index (χ4v) is 2.86. The maximum Gasteiger partial charge on any atom is 0.340 e. The molecular formula is C19H23N3O4S. The summed E-state index contributed by atoms with van der Waals surface area (Å²) in [5, 5.41) is 9.77. The Labute approximate surface area is 162 Å². The van der Waals surface area contributed by atoms with Crippen molar-refractivity contribution in [2.45, 2.75) is 26.3 Å². The third kappa shape index (κ3) is 7.10. The summed E-state index contributed by atoms with van der Waals surface area (Å²) >= 11 is 1.50. The molecule has 0 radical (unpaired) electrons. The van der Waals surface area contributed by atoms with Gasteiger partial charge in [-0.3, -0.25) is 10.1 Å². The van der Waals surface area contributed by atoms with Crippen LogP contribution in [0, 0.1) is 0 Å². The first-order chi connectivity index (χ1) is 13.1. The van der Waals surface area contributed by atoms with Crippen LogP contribution < -0.4 is 16.0 Å². The second kappa shape index (κ2) is 11.0. The van der Waals surface area contributed by atoms with Crippen LogP contribution in [-0.2, 0) is 16.1 Å². The molecule has 1 aromatic carbocycles. The largest absolute Gasteiger partial charge is 0.452 e. The van der Waals surface area contributed by atoms with Gasteiger partial charge in [-0.1, -0.05) is 31.5 Å². The number of urea groups is 1. The summed E-state index contributed by atoms with van der Waals surface area (Å²) in [6, 6.07) is 10.1. The molecule has 0 unspecified atom stereocenters. The minimum atomic E-state index is -0.691. The van der Waals surface area contributed by atoms with Gasteiger partial charge in [-0.2, -0.15) is 0 Å². The highest BCUT2D eigenvalue weighted by molar-refractivity contribution is 7.09. The van der Waals surface area contributed by atoms with Gasteiger partial charge in [0.05, 0.1) is 12.1 Å². The number of imide groups is 1. The number of amides is 3. The summed E-state index contributed by atoms with van der Waals surface area (Å²) in [7, 11) is 0. The lowest BCUT2D eigenvalue weighted by molar-refractivity contribution is -0.123. The van der Waals surface area contributed by atoms with Crippen molar-refractivity contribution >= 4 is 34.9 Å². The molecule has 1 aromatic heterocycles. The van der Waals surface area contributed by atoms with Gasteiger partial charge in [-0.15, -0.1) is 11.3 Å². The summed E-state index contributed by atoms with van der Waals surface area (Å²) in [5.41, 5.74) is 1.01. The third-order valence-electron chi connectivity index (χ3n) is 3.58. The fourth-order valence-electron chi connectivity index (χ4n) is 2.21. The van der Waals surface area contributed by atoms with Crippen LogP contribution in [0.4, 0.5) is 10.5 Å². The molecule has 0 saturated carbocycles. The molecule has 0 saturated heterocycles. The van der Waals surface area contributed by atoms with E-state index in [1.54, 1.807) is 18.2 Å². The Kier molecular flexibility index (Phi) is 8.31. The van der Waals surface area contributed by atoms with E-state index in [1.165, 1.54) is 11.3 Å². The van der Waals surface area contributed by atoms with Crippen molar-refractivity contribution in [3.63, 3.8) is 0 Å². The van der Waals surface area contributed by atoms with E-state index in [2.05, 4.69) is 22.9 Å². The Bertz CT molecular complexity index is 762. The van der Waals surface area contributed by atoms with Gasteiger partial charge in [0.1, 0.15) is 0 Å². The van der Waals surface area contributed by atoms with Crippen molar-refractivity contribution < 1.29 is 19.1 Å². The van der Waals surface area contributed by atoms with Crippen molar-refractivity contribution in [1.29, 1.82) is 0 Å². The van der Waals surface area contributed by atoms with Gasteiger partial charge in [0.15, 0.2) is 6.61 Å². The van der Waals surface area contributed by atoms with Gasteiger partial charge < -0.3 is 15.4 Å². The number of anilines is 1.